The molecular weight excluding hydrogens is 188 g/mol. The summed E-state index contributed by atoms with van der Waals surface area (Å²) in [6.45, 7) is 4.14. The van der Waals surface area contributed by atoms with Gasteiger partial charge in [0.2, 0.25) is 5.91 Å². The van der Waals surface area contributed by atoms with Crippen molar-refractivity contribution in [2.24, 2.45) is 4.99 Å². The van der Waals surface area contributed by atoms with Crippen LogP contribution in [-0.2, 0) is 11.3 Å². The molecule has 1 aromatic carbocycles. The molecule has 0 spiro atoms. The van der Waals surface area contributed by atoms with Gasteiger partial charge in [-0.05, 0) is 23.6 Å². The molecule has 0 aromatic heterocycles. The van der Waals surface area contributed by atoms with Crippen LogP contribution in [0.2, 0.25) is 0 Å². The maximum atomic E-state index is 10.7. The minimum Gasteiger partial charge on any atom is -0.352 e. The average Bonchev–Trinajstić information content (AvgIpc) is 2.19. The third-order valence-corrected chi connectivity index (χ3v) is 2.14. The van der Waals surface area contributed by atoms with E-state index in [9.17, 15) is 4.79 Å². The first-order chi connectivity index (χ1) is 7.13. The van der Waals surface area contributed by atoms with E-state index in [4.69, 9.17) is 0 Å². The topological polar surface area (TPSA) is 41.5 Å². The molecule has 0 atom stereocenters. The summed E-state index contributed by atoms with van der Waals surface area (Å²) in [7, 11) is 1.75. The van der Waals surface area contributed by atoms with Gasteiger partial charge >= 0.3 is 0 Å². The second-order valence-electron chi connectivity index (χ2n) is 3.49. The molecule has 0 aliphatic carbocycles. The van der Waals surface area contributed by atoms with E-state index in [0.29, 0.717) is 6.54 Å². The molecule has 0 aliphatic heterocycles. The van der Waals surface area contributed by atoms with Crippen LogP contribution in [-0.4, -0.2) is 19.2 Å². The molecule has 0 saturated carbocycles. The maximum absolute atomic E-state index is 10.7. The van der Waals surface area contributed by atoms with E-state index in [1.54, 1.807) is 7.05 Å². The van der Waals surface area contributed by atoms with Crippen LogP contribution in [0.15, 0.2) is 23.2 Å². The van der Waals surface area contributed by atoms with Crippen LogP contribution in [0, 0.1) is 6.92 Å². The number of rotatable bonds is 3. The Labute approximate surface area is 90.2 Å². The highest BCUT2D eigenvalue weighted by atomic mass is 16.1. The van der Waals surface area contributed by atoms with Crippen LogP contribution in [0.1, 0.15) is 23.6 Å². The van der Waals surface area contributed by atoms with Crippen molar-refractivity contribution < 1.29 is 4.79 Å². The molecule has 0 heterocycles. The predicted molar refractivity (Wildman–Crippen MR) is 62.2 cm³/mol. The minimum atomic E-state index is -0.00755. The van der Waals surface area contributed by atoms with E-state index in [2.05, 4.69) is 16.4 Å². The summed E-state index contributed by atoms with van der Waals surface area (Å²) in [4.78, 5) is 14.7. The van der Waals surface area contributed by atoms with Crippen LogP contribution >= 0.6 is 0 Å². The standard InChI is InChI=1S/C12H16N2O/c1-9-6-11(7-14-10(2)15)4-5-12(9)8-13-3/h4-6,8H,7H2,1-3H3,(H,14,15). The molecule has 0 unspecified atom stereocenters. The molecule has 0 fully saturated rings. The van der Waals surface area contributed by atoms with Gasteiger partial charge in [0, 0.05) is 26.7 Å². The Balaban J connectivity index is 2.77. The highest BCUT2D eigenvalue weighted by molar-refractivity contribution is 5.81. The fourth-order valence-electron chi connectivity index (χ4n) is 1.36. The summed E-state index contributed by atoms with van der Waals surface area (Å²) in [6.07, 6.45) is 1.83. The van der Waals surface area contributed by atoms with Crippen molar-refractivity contribution in [2.45, 2.75) is 20.4 Å². The Bertz CT molecular complexity index is 383. The number of hydrogen-bond donors (Lipinski definition) is 1. The van der Waals surface area contributed by atoms with Gasteiger partial charge in [0.05, 0.1) is 0 Å². The maximum Gasteiger partial charge on any atom is 0.217 e. The second kappa shape index (κ2) is 5.29. The molecule has 0 bridgehead atoms. The van der Waals surface area contributed by atoms with Gasteiger partial charge in [-0.3, -0.25) is 9.79 Å². The molecule has 1 amide bonds. The van der Waals surface area contributed by atoms with Gasteiger partial charge in [0.15, 0.2) is 0 Å². The van der Waals surface area contributed by atoms with Crippen molar-refractivity contribution in [1.29, 1.82) is 0 Å². The highest BCUT2D eigenvalue weighted by Gasteiger charge is 1.98. The molecular formula is C12H16N2O. The van der Waals surface area contributed by atoms with Crippen molar-refractivity contribution in [3.8, 4) is 0 Å². The van der Waals surface area contributed by atoms with Gasteiger partial charge in [-0.1, -0.05) is 18.2 Å². The van der Waals surface area contributed by atoms with Gasteiger partial charge in [-0.2, -0.15) is 0 Å². The number of carbonyl (C=O) groups is 1. The summed E-state index contributed by atoms with van der Waals surface area (Å²) in [5.41, 5.74) is 3.39. The number of aryl methyl sites for hydroxylation is 1. The number of aliphatic imine (C=N–C) groups is 1. The van der Waals surface area contributed by atoms with E-state index in [1.807, 2.05) is 25.3 Å². The first-order valence-corrected chi connectivity index (χ1v) is 4.89. The van der Waals surface area contributed by atoms with Crippen LogP contribution in [0.3, 0.4) is 0 Å². The zero-order valence-electron chi connectivity index (χ0n) is 9.37. The summed E-state index contributed by atoms with van der Waals surface area (Å²) in [6, 6.07) is 6.08. The smallest absolute Gasteiger partial charge is 0.217 e. The first kappa shape index (κ1) is 11.4. The fraction of sp³-hybridized carbons (Fsp3) is 0.333. The Morgan fingerprint density at radius 1 is 1.53 bits per heavy atom. The van der Waals surface area contributed by atoms with Crippen molar-refractivity contribution in [1.82, 2.24) is 5.32 Å². The average molecular weight is 204 g/mol. The number of hydrogen-bond acceptors (Lipinski definition) is 2. The van der Waals surface area contributed by atoms with Gasteiger partial charge in [0.25, 0.3) is 0 Å². The number of carbonyl (C=O) groups excluding carboxylic acids is 1. The Kier molecular flexibility index (Phi) is 4.03. The Morgan fingerprint density at radius 2 is 2.27 bits per heavy atom. The fourth-order valence-corrected chi connectivity index (χ4v) is 1.36. The quantitative estimate of drug-likeness (QED) is 0.748. The molecule has 15 heavy (non-hydrogen) atoms. The van der Waals surface area contributed by atoms with E-state index in [0.717, 1.165) is 11.1 Å². The molecule has 3 heteroatoms. The largest absolute Gasteiger partial charge is 0.352 e. The molecule has 1 N–H and O–H groups in total. The van der Waals surface area contributed by atoms with E-state index in [1.165, 1.54) is 12.5 Å². The third kappa shape index (κ3) is 3.54. The van der Waals surface area contributed by atoms with E-state index in [-0.39, 0.29) is 5.91 Å². The van der Waals surface area contributed by atoms with E-state index >= 15 is 0 Å². The zero-order chi connectivity index (χ0) is 11.3. The molecule has 3 nitrogen and oxygen atoms in total. The Hall–Kier alpha value is -1.64. The summed E-state index contributed by atoms with van der Waals surface area (Å²) >= 11 is 0. The second-order valence-corrected chi connectivity index (χ2v) is 3.49. The van der Waals surface area contributed by atoms with Gasteiger partial charge < -0.3 is 5.32 Å². The lowest BCUT2D eigenvalue weighted by molar-refractivity contribution is -0.119. The highest BCUT2D eigenvalue weighted by Crippen LogP contribution is 2.09. The van der Waals surface area contributed by atoms with Crippen molar-refractivity contribution in [3.63, 3.8) is 0 Å². The summed E-state index contributed by atoms with van der Waals surface area (Å²) < 4.78 is 0. The van der Waals surface area contributed by atoms with Gasteiger partial charge in [-0.25, -0.2) is 0 Å². The summed E-state index contributed by atoms with van der Waals surface area (Å²) in [5.74, 6) is -0.00755. The van der Waals surface area contributed by atoms with Crippen molar-refractivity contribution in [3.05, 3.63) is 34.9 Å². The van der Waals surface area contributed by atoms with Crippen LogP contribution in [0.25, 0.3) is 0 Å². The lowest BCUT2D eigenvalue weighted by Crippen LogP contribution is -2.18. The Morgan fingerprint density at radius 3 is 2.80 bits per heavy atom. The van der Waals surface area contributed by atoms with E-state index < -0.39 is 0 Å². The van der Waals surface area contributed by atoms with Gasteiger partial charge in [-0.15, -0.1) is 0 Å². The van der Waals surface area contributed by atoms with Crippen molar-refractivity contribution in [2.75, 3.05) is 7.05 Å². The number of amides is 1. The first-order valence-electron chi connectivity index (χ1n) is 4.89. The van der Waals surface area contributed by atoms with Gasteiger partial charge in [0.1, 0.15) is 0 Å². The summed E-state index contributed by atoms with van der Waals surface area (Å²) in [5, 5.41) is 2.77. The molecule has 0 saturated heterocycles. The zero-order valence-corrected chi connectivity index (χ0v) is 9.37. The molecule has 80 valence electrons. The minimum absolute atomic E-state index is 0.00755. The number of benzene rings is 1. The number of nitrogens with zero attached hydrogens (tertiary/aromatic N) is 1. The van der Waals surface area contributed by atoms with Crippen LogP contribution in [0.5, 0.6) is 0 Å². The lowest BCUT2D eigenvalue weighted by Gasteiger charge is -2.05. The van der Waals surface area contributed by atoms with Crippen LogP contribution in [0.4, 0.5) is 0 Å². The third-order valence-electron chi connectivity index (χ3n) is 2.14. The molecule has 1 rings (SSSR count). The monoisotopic (exact) mass is 204 g/mol. The van der Waals surface area contributed by atoms with Crippen molar-refractivity contribution >= 4 is 12.1 Å². The SMILES string of the molecule is CN=Cc1ccc(CNC(C)=O)cc1C. The normalized spacial score (nSPS) is 10.6. The molecule has 0 aliphatic rings. The predicted octanol–water partition coefficient (Wildman–Crippen LogP) is 1.68. The lowest BCUT2D eigenvalue weighted by atomic mass is 10.1. The molecule has 1 aromatic rings. The molecule has 0 radical (unpaired) electrons. The van der Waals surface area contributed by atoms with Crippen LogP contribution < -0.4 is 5.32 Å². The number of nitrogens with one attached hydrogen (secondary N) is 1.